The van der Waals surface area contributed by atoms with Gasteiger partial charge in [-0.2, -0.15) is 0 Å². The van der Waals surface area contributed by atoms with Crippen LogP contribution in [0.2, 0.25) is 0 Å². The molecule has 0 bridgehead atoms. The van der Waals surface area contributed by atoms with Crippen LogP contribution in [0.5, 0.6) is 0 Å². The molecule has 0 fully saturated rings. The van der Waals surface area contributed by atoms with Gasteiger partial charge in [0.25, 0.3) is 0 Å². The molecule has 0 aliphatic carbocycles. The van der Waals surface area contributed by atoms with E-state index >= 15 is 0 Å². The van der Waals surface area contributed by atoms with E-state index in [0.717, 1.165) is 25.0 Å². The van der Waals surface area contributed by atoms with Gasteiger partial charge in [-0.05, 0) is 51.1 Å². The van der Waals surface area contributed by atoms with Crippen LogP contribution in [0.1, 0.15) is 66.7 Å². The van der Waals surface area contributed by atoms with E-state index in [2.05, 4.69) is 39.9 Å². The molecule has 110 valence electrons. The Morgan fingerprint density at radius 3 is 2.11 bits per heavy atom. The summed E-state index contributed by atoms with van der Waals surface area (Å²) in [5.41, 5.74) is 0. The lowest BCUT2D eigenvalue weighted by Crippen LogP contribution is -2.20. The first-order valence-corrected chi connectivity index (χ1v) is 7.84. The van der Waals surface area contributed by atoms with Gasteiger partial charge in [0.15, 0.2) is 0 Å². The van der Waals surface area contributed by atoms with Gasteiger partial charge in [-0.3, -0.25) is 0 Å². The van der Waals surface area contributed by atoms with E-state index in [0.29, 0.717) is 6.10 Å². The van der Waals surface area contributed by atoms with Gasteiger partial charge in [0.05, 0.1) is 6.10 Å². The molecule has 1 atom stereocenters. The topological polar surface area (TPSA) is 21.3 Å². The van der Waals surface area contributed by atoms with Crippen molar-refractivity contribution in [3.63, 3.8) is 0 Å². The van der Waals surface area contributed by atoms with Crippen LogP contribution in [0.15, 0.2) is 0 Å². The molecule has 0 aliphatic heterocycles. The first-order valence-electron chi connectivity index (χ1n) is 7.84. The Balaban J connectivity index is 3.11. The summed E-state index contributed by atoms with van der Waals surface area (Å²) >= 11 is 0. The summed E-state index contributed by atoms with van der Waals surface area (Å²) in [7, 11) is 0. The summed E-state index contributed by atoms with van der Waals surface area (Å²) in [4.78, 5) is 0. The molecule has 2 heteroatoms. The third-order valence-corrected chi connectivity index (χ3v) is 3.01. The van der Waals surface area contributed by atoms with E-state index < -0.39 is 0 Å². The zero-order valence-corrected chi connectivity index (χ0v) is 13.3. The van der Waals surface area contributed by atoms with Crippen molar-refractivity contribution in [1.82, 2.24) is 5.32 Å². The lowest BCUT2D eigenvalue weighted by atomic mass is 10.1. The molecule has 0 amide bonds. The smallest absolute Gasteiger partial charge is 0.0549 e. The van der Waals surface area contributed by atoms with Gasteiger partial charge < -0.3 is 10.1 Å². The molecular weight excluding hydrogens is 222 g/mol. The Bertz CT molecular complexity index is 168. The number of hydrogen-bond donors (Lipinski definition) is 1. The summed E-state index contributed by atoms with van der Waals surface area (Å²) in [6.45, 7) is 14.5. The van der Waals surface area contributed by atoms with Crippen LogP contribution in [0.3, 0.4) is 0 Å². The molecule has 2 nitrogen and oxygen atoms in total. The van der Waals surface area contributed by atoms with Crippen molar-refractivity contribution >= 4 is 0 Å². The average Bonchev–Trinajstić information content (AvgIpc) is 2.25. The van der Waals surface area contributed by atoms with Crippen LogP contribution in [-0.2, 0) is 4.74 Å². The molecule has 0 spiro atoms. The van der Waals surface area contributed by atoms with Crippen LogP contribution in [-0.4, -0.2) is 25.8 Å². The van der Waals surface area contributed by atoms with Gasteiger partial charge in [-0.1, -0.05) is 40.5 Å². The van der Waals surface area contributed by atoms with E-state index in [1.54, 1.807) is 0 Å². The Morgan fingerprint density at radius 1 is 0.833 bits per heavy atom. The SMILES string of the molecule is CC(C)CNCCCCCCOC(C)CC(C)C. The van der Waals surface area contributed by atoms with E-state index in [-0.39, 0.29) is 0 Å². The van der Waals surface area contributed by atoms with Crippen molar-refractivity contribution in [2.24, 2.45) is 11.8 Å². The van der Waals surface area contributed by atoms with Crippen LogP contribution in [0, 0.1) is 11.8 Å². The van der Waals surface area contributed by atoms with Gasteiger partial charge in [-0.25, -0.2) is 0 Å². The van der Waals surface area contributed by atoms with Gasteiger partial charge in [-0.15, -0.1) is 0 Å². The monoisotopic (exact) mass is 257 g/mol. The van der Waals surface area contributed by atoms with E-state index in [9.17, 15) is 0 Å². The highest BCUT2D eigenvalue weighted by Crippen LogP contribution is 2.08. The lowest BCUT2D eigenvalue weighted by molar-refractivity contribution is 0.0494. The Hall–Kier alpha value is -0.0800. The zero-order chi connectivity index (χ0) is 13.8. The summed E-state index contributed by atoms with van der Waals surface area (Å²) in [5, 5.41) is 3.48. The Labute approximate surface area is 115 Å². The molecule has 0 heterocycles. The maximum absolute atomic E-state index is 5.80. The number of nitrogens with one attached hydrogen (secondary N) is 1. The lowest BCUT2D eigenvalue weighted by Gasteiger charge is -2.14. The van der Waals surface area contributed by atoms with Crippen molar-refractivity contribution in [1.29, 1.82) is 0 Å². The molecule has 0 aromatic carbocycles. The molecule has 0 radical (unpaired) electrons. The number of hydrogen-bond acceptors (Lipinski definition) is 2. The van der Waals surface area contributed by atoms with Gasteiger partial charge in [0.1, 0.15) is 0 Å². The first kappa shape index (κ1) is 17.9. The summed E-state index contributed by atoms with van der Waals surface area (Å²) < 4.78 is 5.80. The third-order valence-electron chi connectivity index (χ3n) is 3.01. The molecule has 0 aromatic rings. The van der Waals surface area contributed by atoms with Gasteiger partial charge in [0.2, 0.25) is 0 Å². The molecule has 0 saturated heterocycles. The van der Waals surface area contributed by atoms with Crippen molar-refractivity contribution < 1.29 is 4.74 Å². The molecule has 0 rings (SSSR count). The van der Waals surface area contributed by atoms with E-state index in [1.165, 1.54) is 38.6 Å². The minimum absolute atomic E-state index is 0.428. The van der Waals surface area contributed by atoms with Crippen molar-refractivity contribution in [2.45, 2.75) is 72.8 Å². The summed E-state index contributed by atoms with van der Waals surface area (Å²) in [6.07, 6.45) is 6.75. The molecular formula is C16H35NO. The predicted molar refractivity (Wildman–Crippen MR) is 81.0 cm³/mol. The second-order valence-corrected chi connectivity index (χ2v) is 6.32. The van der Waals surface area contributed by atoms with Gasteiger partial charge >= 0.3 is 0 Å². The Kier molecular flexibility index (Phi) is 11.9. The standard InChI is InChI=1S/C16H35NO/c1-14(2)12-16(5)18-11-9-7-6-8-10-17-13-15(3)4/h14-17H,6-13H2,1-5H3. The minimum atomic E-state index is 0.428. The van der Waals surface area contributed by atoms with Crippen molar-refractivity contribution in [3.8, 4) is 0 Å². The maximum atomic E-state index is 5.80. The highest BCUT2D eigenvalue weighted by Gasteiger charge is 2.04. The molecule has 1 unspecified atom stereocenters. The van der Waals surface area contributed by atoms with Crippen LogP contribution < -0.4 is 5.32 Å². The van der Waals surface area contributed by atoms with Crippen LogP contribution in [0.4, 0.5) is 0 Å². The molecule has 0 aromatic heterocycles. The van der Waals surface area contributed by atoms with Gasteiger partial charge in [0, 0.05) is 6.61 Å². The number of unbranched alkanes of at least 4 members (excludes halogenated alkanes) is 3. The second kappa shape index (κ2) is 12.0. The predicted octanol–water partition coefficient (Wildman–Crippen LogP) is 4.24. The van der Waals surface area contributed by atoms with E-state index in [4.69, 9.17) is 4.74 Å². The van der Waals surface area contributed by atoms with Crippen LogP contribution >= 0.6 is 0 Å². The van der Waals surface area contributed by atoms with Crippen LogP contribution in [0.25, 0.3) is 0 Å². The quantitative estimate of drug-likeness (QED) is 0.528. The molecule has 18 heavy (non-hydrogen) atoms. The first-order chi connectivity index (χ1) is 8.52. The Morgan fingerprint density at radius 2 is 1.50 bits per heavy atom. The highest BCUT2D eigenvalue weighted by molar-refractivity contribution is 4.55. The fourth-order valence-corrected chi connectivity index (χ4v) is 2.11. The molecule has 1 N–H and O–H groups in total. The number of ether oxygens (including phenoxy) is 1. The fraction of sp³-hybridized carbons (Fsp3) is 1.00. The highest BCUT2D eigenvalue weighted by atomic mass is 16.5. The second-order valence-electron chi connectivity index (χ2n) is 6.32. The van der Waals surface area contributed by atoms with E-state index in [1.807, 2.05) is 0 Å². The molecule has 0 saturated carbocycles. The summed E-state index contributed by atoms with van der Waals surface area (Å²) in [5.74, 6) is 1.51. The number of rotatable bonds is 12. The fourth-order valence-electron chi connectivity index (χ4n) is 2.11. The van der Waals surface area contributed by atoms with Crippen molar-refractivity contribution in [3.05, 3.63) is 0 Å². The summed E-state index contributed by atoms with van der Waals surface area (Å²) in [6, 6.07) is 0. The molecule has 0 aliphatic rings. The third kappa shape index (κ3) is 14.0. The van der Waals surface area contributed by atoms with Crippen molar-refractivity contribution in [2.75, 3.05) is 19.7 Å². The minimum Gasteiger partial charge on any atom is -0.379 e. The normalized spacial score (nSPS) is 13.5. The maximum Gasteiger partial charge on any atom is 0.0549 e. The zero-order valence-electron chi connectivity index (χ0n) is 13.3. The largest absolute Gasteiger partial charge is 0.379 e. The average molecular weight is 257 g/mol.